The molecule has 0 aliphatic heterocycles. The number of sulfonamides is 1. The molecule has 0 aliphatic carbocycles. The summed E-state index contributed by atoms with van der Waals surface area (Å²) in [6, 6.07) is 6.22. The molecule has 0 radical (unpaired) electrons. The molecule has 0 aliphatic rings. The van der Waals surface area contributed by atoms with Gasteiger partial charge in [-0.1, -0.05) is 13.3 Å². The highest BCUT2D eigenvalue weighted by Crippen LogP contribution is 2.15. The third kappa shape index (κ3) is 5.56. The van der Waals surface area contributed by atoms with Crippen molar-refractivity contribution in [2.45, 2.75) is 24.7 Å². The molecule has 6 nitrogen and oxygen atoms in total. The lowest BCUT2D eigenvalue weighted by molar-refractivity contribution is 0.102. The van der Waals surface area contributed by atoms with Gasteiger partial charge in [0.2, 0.25) is 10.0 Å². The van der Waals surface area contributed by atoms with Crippen LogP contribution in [0.15, 0.2) is 29.2 Å². The average Bonchev–Trinajstić information content (AvgIpc) is 2.40. The van der Waals surface area contributed by atoms with Crippen molar-refractivity contribution >= 4 is 10.0 Å². The SMILES string of the molecule is CCCCNS(=O)(=O)c1ccc(OCCON)cc1. The summed E-state index contributed by atoms with van der Waals surface area (Å²) in [7, 11) is -3.42. The molecular weight excluding hydrogens is 268 g/mol. The topological polar surface area (TPSA) is 90.7 Å². The molecule has 0 aromatic heterocycles. The summed E-state index contributed by atoms with van der Waals surface area (Å²) >= 11 is 0. The number of unbranched alkanes of at least 4 members (excludes halogenated alkanes) is 1. The summed E-state index contributed by atoms with van der Waals surface area (Å²) in [5, 5.41) is 0. The van der Waals surface area contributed by atoms with Crippen molar-refractivity contribution in [3.63, 3.8) is 0 Å². The number of nitrogens with one attached hydrogen (secondary N) is 1. The van der Waals surface area contributed by atoms with Crippen molar-refractivity contribution in [2.75, 3.05) is 19.8 Å². The number of hydrogen-bond acceptors (Lipinski definition) is 5. The van der Waals surface area contributed by atoms with Gasteiger partial charge < -0.3 is 9.57 Å². The Hall–Kier alpha value is -1.15. The fourth-order valence-corrected chi connectivity index (χ4v) is 2.46. The van der Waals surface area contributed by atoms with E-state index in [1.165, 1.54) is 12.1 Å². The van der Waals surface area contributed by atoms with Crippen LogP contribution in [0.2, 0.25) is 0 Å². The van der Waals surface area contributed by atoms with E-state index >= 15 is 0 Å². The van der Waals surface area contributed by atoms with Crippen LogP contribution in [-0.4, -0.2) is 28.2 Å². The Morgan fingerprint density at radius 2 is 1.89 bits per heavy atom. The largest absolute Gasteiger partial charge is 0.491 e. The van der Waals surface area contributed by atoms with Crippen molar-refractivity contribution in [1.29, 1.82) is 0 Å². The van der Waals surface area contributed by atoms with E-state index in [0.29, 0.717) is 18.9 Å². The van der Waals surface area contributed by atoms with Gasteiger partial charge in [-0.2, -0.15) is 0 Å². The van der Waals surface area contributed by atoms with Gasteiger partial charge in [0.25, 0.3) is 0 Å². The van der Waals surface area contributed by atoms with Crippen LogP contribution < -0.4 is 15.4 Å². The molecule has 0 amide bonds. The molecule has 19 heavy (non-hydrogen) atoms. The summed E-state index contributed by atoms with van der Waals surface area (Å²) in [6.07, 6.45) is 1.76. The number of hydrogen-bond donors (Lipinski definition) is 2. The quantitative estimate of drug-likeness (QED) is 0.523. The smallest absolute Gasteiger partial charge is 0.240 e. The van der Waals surface area contributed by atoms with Gasteiger partial charge in [0, 0.05) is 6.54 Å². The van der Waals surface area contributed by atoms with Crippen LogP contribution in [0.4, 0.5) is 0 Å². The van der Waals surface area contributed by atoms with Gasteiger partial charge in [0.1, 0.15) is 19.0 Å². The third-order valence-electron chi connectivity index (χ3n) is 2.43. The van der Waals surface area contributed by atoms with E-state index in [9.17, 15) is 8.42 Å². The lowest BCUT2D eigenvalue weighted by Crippen LogP contribution is -2.24. The molecule has 0 bridgehead atoms. The minimum absolute atomic E-state index is 0.228. The second kappa shape index (κ2) is 8.11. The van der Waals surface area contributed by atoms with Crippen LogP contribution >= 0.6 is 0 Å². The fourth-order valence-electron chi connectivity index (χ4n) is 1.39. The van der Waals surface area contributed by atoms with E-state index in [1.54, 1.807) is 12.1 Å². The maximum Gasteiger partial charge on any atom is 0.240 e. The maximum absolute atomic E-state index is 11.9. The Balaban J connectivity index is 2.59. The lowest BCUT2D eigenvalue weighted by Gasteiger charge is -2.08. The van der Waals surface area contributed by atoms with E-state index in [2.05, 4.69) is 9.56 Å². The van der Waals surface area contributed by atoms with E-state index in [-0.39, 0.29) is 11.5 Å². The predicted molar refractivity (Wildman–Crippen MR) is 72.2 cm³/mol. The average molecular weight is 288 g/mol. The highest BCUT2D eigenvalue weighted by atomic mass is 32.2. The summed E-state index contributed by atoms with van der Waals surface area (Å²) in [5.74, 6) is 5.44. The number of nitrogens with two attached hydrogens (primary N) is 1. The molecule has 108 valence electrons. The predicted octanol–water partition coefficient (Wildman–Crippen LogP) is 1.03. The third-order valence-corrected chi connectivity index (χ3v) is 3.90. The standard InChI is InChI=1S/C12H20N2O4S/c1-2-3-8-14-19(15,16)12-6-4-11(5-7-12)17-9-10-18-13/h4-7,14H,2-3,8-10,13H2,1H3. The van der Waals surface area contributed by atoms with Crippen LogP contribution in [0.1, 0.15) is 19.8 Å². The maximum atomic E-state index is 11.9. The molecule has 0 spiro atoms. The summed E-state index contributed by atoms with van der Waals surface area (Å²) in [5.41, 5.74) is 0. The van der Waals surface area contributed by atoms with Crippen LogP contribution in [0.25, 0.3) is 0 Å². The van der Waals surface area contributed by atoms with Crippen molar-refractivity contribution in [3.8, 4) is 5.75 Å². The highest BCUT2D eigenvalue weighted by molar-refractivity contribution is 7.89. The first-order valence-corrected chi connectivity index (χ1v) is 7.62. The lowest BCUT2D eigenvalue weighted by atomic mass is 10.3. The molecule has 0 unspecified atom stereocenters. The van der Waals surface area contributed by atoms with Gasteiger partial charge >= 0.3 is 0 Å². The number of rotatable bonds is 9. The second-order valence-corrected chi connectivity index (χ2v) is 5.71. The summed E-state index contributed by atoms with van der Waals surface area (Å²) < 4.78 is 31.6. The molecule has 3 N–H and O–H groups in total. The van der Waals surface area contributed by atoms with Crippen LogP contribution in [0, 0.1) is 0 Å². The van der Waals surface area contributed by atoms with Crippen LogP contribution in [0.3, 0.4) is 0 Å². The molecule has 1 aromatic carbocycles. The van der Waals surface area contributed by atoms with Crippen molar-refractivity contribution < 1.29 is 18.0 Å². The minimum atomic E-state index is -3.42. The zero-order valence-electron chi connectivity index (χ0n) is 11.0. The van der Waals surface area contributed by atoms with E-state index in [0.717, 1.165) is 12.8 Å². The molecular formula is C12H20N2O4S. The number of ether oxygens (including phenoxy) is 1. The van der Waals surface area contributed by atoms with Crippen molar-refractivity contribution in [2.24, 2.45) is 5.90 Å². The van der Waals surface area contributed by atoms with Gasteiger partial charge in [-0.3, -0.25) is 0 Å². The Bertz CT molecular complexity index is 459. The summed E-state index contributed by atoms with van der Waals surface area (Å²) in [6.45, 7) is 3.05. The minimum Gasteiger partial charge on any atom is -0.491 e. The van der Waals surface area contributed by atoms with Crippen molar-refractivity contribution in [1.82, 2.24) is 4.72 Å². The van der Waals surface area contributed by atoms with E-state index in [4.69, 9.17) is 10.6 Å². The second-order valence-electron chi connectivity index (χ2n) is 3.94. The Labute approximate surface area is 113 Å². The first-order valence-electron chi connectivity index (χ1n) is 6.14. The van der Waals surface area contributed by atoms with Gasteiger partial charge in [-0.25, -0.2) is 19.0 Å². The zero-order valence-corrected chi connectivity index (χ0v) is 11.8. The molecule has 1 aromatic rings. The monoisotopic (exact) mass is 288 g/mol. The Morgan fingerprint density at radius 1 is 1.21 bits per heavy atom. The van der Waals surface area contributed by atoms with Crippen molar-refractivity contribution in [3.05, 3.63) is 24.3 Å². The molecule has 0 atom stereocenters. The fraction of sp³-hybridized carbons (Fsp3) is 0.500. The first-order chi connectivity index (χ1) is 9.10. The molecule has 0 saturated heterocycles. The van der Waals surface area contributed by atoms with Gasteiger partial charge in [0.15, 0.2) is 0 Å². The first kappa shape index (κ1) is 15.9. The number of benzene rings is 1. The van der Waals surface area contributed by atoms with E-state index < -0.39 is 10.0 Å². The molecule has 0 fully saturated rings. The molecule has 7 heteroatoms. The summed E-state index contributed by atoms with van der Waals surface area (Å²) in [4.78, 5) is 4.59. The normalized spacial score (nSPS) is 11.5. The zero-order chi connectivity index (χ0) is 14.1. The van der Waals surface area contributed by atoms with Gasteiger partial charge in [-0.05, 0) is 30.7 Å². The Kier molecular flexibility index (Phi) is 6.79. The van der Waals surface area contributed by atoms with Crippen LogP contribution in [0.5, 0.6) is 5.75 Å². The highest BCUT2D eigenvalue weighted by Gasteiger charge is 2.12. The van der Waals surface area contributed by atoms with E-state index in [1.807, 2.05) is 6.92 Å². The van der Waals surface area contributed by atoms with Gasteiger partial charge in [-0.15, -0.1) is 0 Å². The molecule has 1 rings (SSSR count). The molecule has 0 saturated carbocycles. The van der Waals surface area contributed by atoms with Crippen LogP contribution in [-0.2, 0) is 14.9 Å². The van der Waals surface area contributed by atoms with Gasteiger partial charge in [0.05, 0.1) is 4.90 Å². The molecule has 0 heterocycles. The Morgan fingerprint density at radius 3 is 2.47 bits per heavy atom.